The van der Waals surface area contributed by atoms with E-state index in [1.54, 1.807) is 0 Å². The average molecular weight is 282 g/mol. The lowest BCUT2D eigenvalue weighted by Crippen LogP contribution is -2.20. The van der Waals surface area contributed by atoms with E-state index in [1.165, 1.54) is 0 Å². The molecule has 2 atom stereocenters. The van der Waals surface area contributed by atoms with Gasteiger partial charge in [-0.1, -0.05) is 13.3 Å². The van der Waals surface area contributed by atoms with Gasteiger partial charge in [0.2, 0.25) is 0 Å². The van der Waals surface area contributed by atoms with E-state index in [-0.39, 0.29) is 32.5 Å². The molecular weight excluding hydrogens is 252 g/mol. The van der Waals surface area contributed by atoms with Crippen LogP contribution in [0.3, 0.4) is 0 Å². The maximum Gasteiger partial charge on any atom is 0.0771 e. The molecule has 0 spiro atoms. The minimum absolute atomic E-state index is 0.00255. The lowest BCUT2D eigenvalue weighted by atomic mass is 10.1. The third-order valence-electron chi connectivity index (χ3n) is 2.44. The Labute approximate surface area is 115 Å². The van der Waals surface area contributed by atoms with Crippen molar-refractivity contribution in [3.8, 4) is 0 Å². The highest BCUT2D eigenvalue weighted by atomic mass is 16.5. The molecule has 6 nitrogen and oxygen atoms in total. The van der Waals surface area contributed by atoms with Crippen LogP contribution >= 0.6 is 0 Å². The predicted octanol–water partition coefficient (Wildman–Crippen LogP) is -0.341. The summed E-state index contributed by atoms with van der Waals surface area (Å²) >= 11 is 0. The molecule has 6 heteroatoms. The van der Waals surface area contributed by atoms with Crippen LogP contribution in [0.15, 0.2) is 0 Å². The van der Waals surface area contributed by atoms with Crippen molar-refractivity contribution >= 4 is 0 Å². The molecule has 0 rings (SSSR count). The summed E-state index contributed by atoms with van der Waals surface area (Å²) in [6.45, 7) is 2.45. The molecule has 2 unspecified atom stereocenters. The third kappa shape index (κ3) is 17.8. The van der Waals surface area contributed by atoms with Crippen molar-refractivity contribution in [1.82, 2.24) is 0 Å². The Morgan fingerprint density at radius 1 is 0.895 bits per heavy atom. The summed E-state index contributed by atoms with van der Waals surface area (Å²) in [6, 6.07) is 0. The Morgan fingerprint density at radius 3 is 1.95 bits per heavy atom. The Hall–Kier alpha value is -0.240. The highest BCUT2D eigenvalue weighted by molar-refractivity contribution is 4.62. The molecule has 0 aromatic heterocycles. The normalized spacial score (nSPS) is 13.6. The smallest absolute Gasteiger partial charge is 0.0771 e. The monoisotopic (exact) mass is 282 g/mol. The van der Waals surface area contributed by atoms with E-state index in [4.69, 9.17) is 25.2 Å². The lowest BCUT2D eigenvalue weighted by molar-refractivity contribution is 0.0118. The number of hydrogen-bond acceptors (Lipinski definition) is 6. The van der Waals surface area contributed by atoms with Crippen molar-refractivity contribution in [3.05, 3.63) is 0 Å². The summed E-state index contributed by atoms with van der Waals surface area (Å²) in [6.07, 6.45) is 3.25. The maximum absolute atomic E-state index is 9.18. The Bertz CT molecular complexity index is 154. The van der Waals surface area contributed by atoms with Crippen LogP contribution in [0.25, 0.3) is 0 Å². The summed E-state index contributed by atoms with van der Waals surface area (Å²) in [7, 11) is 0. The molecule has 0 aliphatic carbocycles. The highest BCUT2D eigenvalue weighted by Gasteiger charge is 2.11. The van der Waals surface area contributed by atoms with Crippen molar-refractivity contribution in [2.75, 3.05) is 33.0 Å². The van der Waals surface area contributed by atoms with Crippen LogP contribution in [0.2, 0.25) is 0 Å². The third-order valence-corrected chi connectivity index (χ3v) is 2.44. The van der Waals surface area contributed by atoms with Crippen molar-refractivity contribution in [1.29, 1.82) is 0 Å². The van der Waals surface area contributed by atoms with E-state index in [2.05, 4.69) is 6.92 Å². The number of hydrogen-bond donors (Lipinski definition) is 5. The Kier molecular flexibility index (Phi) is 19.7. The van der Waals surface area contributed by atoms with E-state index < -0.39 is 6.10 Å². The summed E-state index contributed by atoms with van der Waals surface area (Å²) in [5, 5.41) is 41.9. The molecule has 118 valence electrons. The van der Waals surface area contributed by atoms with E-state index >= 15 is 0 Å². The minimum Gasteiger partial charge on any atom is -0.396 e. The fraction of sp³-hybridized carbons (Fsp3) is 1.00. The largest absolute Gasteiger partial charge is 0.396 e. The van der Waals surface area contributed by atoms with Crippen LogP contribution in [0, 0.1) is 0 Å². The highest BCUT2D eigenvalue weighted by Crippen LogP contribution is 2.09. The van der Waals surface area contributed by atoms with Gasteiger partial charge < -0.3 is 30.3 Å². The second-order valence-corrected chi connectivity index (χ2v) is 4.22. The number of aliphatic hydroxyl groups excluding tert-OH is 5. The van der Waals surface area contributed by atoms with Crippen LogP contribution < -0.4 is 0 Å². The van der Waals surface area contributed by atoms with Gasteiger partial charge in [-0.2, -0.15) is 0 Å². The van der Waals surface area contributed by atoms with Gasteiger partial charge in [0.05, 0.1) is 32.0 Å². The van der Waals surface area contributed by atoms with Crippen LogP contribution in [0.4, 0.5) is 0 Å². The zero-order valence-corrected chi connectivity index (χ0v) is 11.9. The molecular formula is C13H30O6. The molecule has 19 heavy (non-hydrogen) atoms. The van der Waals surface area contributed by atoms with E-state index in [9.17, 15) is 5.11 Å². The summed E-state index contributed by atoms with van der Waals surface area (Å²) < 4.78 is 5.57. The van der Waals surface area contributed by atoms with Crippen LogP contribution in [-0.2, 0) is 4.74 Å². The standard InChI is InChI=1S/C11H24O4.C2H6O2/c1-2-3-8-15-11(6-7-12)5-4-10(14)9-13;3-1-2-4/h10-14H,2-9H2,1H3;3-4H,1-2H2. The fourth-order valence-corrected chi connectivity index (χ4v) is 1.32. The van der Waals surface area contributed by atoms with Crippen molar-refractivity contribution in [3.63, 3.8) is 0 Å². The number of aliphatic hydroxyl groups is 5. The first-order valence-electron chi connectivity index (χ1n) is 6.89. The van der Waals surface area contributed by atoms with Gasteiger partial charge in [0, 0.05) is 13.2 Å². The van der Waals surface area contributed by atoms with Gasteiger partial charge in [-0.3, -0.25) is 0 Å². The summed E-state index contributed by atoms with van der Waals surface area (Å²) in [4.78, 5) is 0. The quantitative estimate of drug-likeness (QED) is 0.332. The zero-order chi connectivity index (χ0) is 14.9. The lowest BCUT2D eigenvalue weighted by Gasteiger charge is -2.18. The van der Waals surface area contributed by atoms with Gasteiger partial charge >= 0.3 is 0 Å². The molecule has 5 N–H and O–H groups in total. The minimum atomic E-state index is -0.666. The molecule has 0 saturated carbocycles. The molecule has 0 aromatic rings. The molecule has 0 heterocycles. The van der Waals surface area contributed by atoms with Gasteiger partial charge in [-0.05, 0) is 25.7 Å². The SMILES string of the molecule is CCCCOC(CCO)CCC(O)CO.OCCO. The van der Waals surface area contributed by atoms with E-state index in [0.29, 0.717) is 25.9 Å². The van der Waals surface area contributed by atoms with Crippen LogP contribution in [-0.4, -0.2) is 70.8 Å². The summed E-state index contributed by atoms with van der Waals surface area (Å²) in [5.41, 5.74) is 0. The van der Waals surface area contributed by atoms with Crippen molar-refractivity contribution in [2.24, 2.45) is 0 Å². The van der Waals surface area contributed by atoms with E-state index in [1.807, 2.05) is 0 Å². The fourth-order valence-electron chi connectivity index (χ4n) is 1.32. The molecule has 0 aliphatic heterocycles. The van der Waals surface area contributed by atoms with Gasteiger partial charge in [0.1, 0.15) is 0 Å². The molecule has 0 saturated heterocycles. The van der Waals surface area contributed by atoms with E-state index in [0.717, 1.165) is 12.8 Å². The predicted molar refractivity (Wildman–Crippen MR) is 72.8 cm³/mol. The van der Waals surface area contributed by atoms with Crippen molar-refractivity contribution < 1.29 is 30.3 Å². The summed E-state index contributed by atoms with van der Waals surface area (Å²) in [5.74, 6) is 0. The van der Waals surface area contributed by atoms with Gasteiger partial charge in [0.15, 0.2) is 0 Å². The molecule has 0 amide bonds. The number of unbranched alkanes of at least 4 members (excludes halogenated alkanes) is 1. The van der Waals surface area contributed by atoms with Gasteiger partial charge in [-0.15, -0.1) is 0 Å². The second kappa shape index (κ2) is 17.8. The maximum atomic E-state index is 9.18. The molecule has 0 fully saturated rings. The average Bonchev–Trinajstić information content (AvgIpc) is 2.44. The second-order valence-electron chi connectivity index (χ2n) is 4.22. The molecule has 0 radical (unpaired) electrons. The Morgan fingerprint density at radius 2 is 1.53 bits per heavy atom. The first-order chi connectivity index (χ1) is 9.15. The van der Waals surface area contributed by atoms with Crippen LogP contribution in [0.5, 0.6) is 0 Å². The van der Waals surface area contributed by atoms with Gasteiger partial charge in [-0.25, -0.2) is 0 Å². The number of rotatable bonds is 11. The topological polar surface area (TPSA) is 110 Å². The molecule has 0 bridgehead atoms. The first kappa shape index (κ1) is 21.1. The molecule has 0 aromatic carbocycles. The van der Waals surface area contributed by atoms with Crippen molar-refractivity contribution in [2.45, 2.75) is 51.2 Å². The zero-order valence-electron chi connectivity index (χ0n) is 11.9. The first-order valence-corrected chi connectivity index (χ1v) is 6.89. The van der Waals surface area contributed by atoms with Crippen LogP contribution in [0.1, 0.15) is 39.0 Å². The number of ether oxygens (including phenoxy) is 1. The Balaban J connectivity index is 0. The van der Waals surface area contributed by atoms with Gasteiger partial charge in [0.25, 0.3) is 0 Å². The molecule has 0 aliphatic rings.